The highest BCUT2D eigenvalue weighted by Crippen LogP contribution is 2.23. The Morgan fingerprint density at radius 1 is 1.25 bits per heavy atom. The summed E-state index contributed by atoms with van der Waals surface area (Å²) in [5.74, 6) is 0.0879. The van der Waals surface area contributed by atoms with Gasteiger partial charge in [-0.2, -0.15) is 12.8 Å². The van der Waals surface area contributed by atoms with Crippen LogP contribution in [0.2, 0.25) is 0 Å². The maximum Gasteiger partial charge on any atom is 0.279 e. The molecule has 2 heterocycles. The summed E-state index contributed by atoms with van der Waals surface area (Å²) in [7, 11) is -6.86. The molecular weight excluding hydrogens is 254 g/mol. The first-order valence-corrected chi connectivity index (χ1v) is 8.01. The van der Waals surface area contributed by atoms with Gasteiger partial charge in [0.2, 0.25) is 0 Å². The van der Waals surface area contributed by atoms with Crippen molar-refractivity contribution in [3.8, 4) is 0 Å². The van der Waals surface area contributed by atoms with Crippen molar-refractivity contribution in [1.29, 1.82) is 0 Å². The molecule has 0 spiro atoms. The van der Waals surface area contributed by atoms with Crippen LogP contribution in [0.15, 0.2) is 15.6 Å². The molecule has 0 radical (unpaired) electrons. The van der Waals surface area contributed by atoms with Crippen LogP contribution in [-0.2, 0) is 24.6 Å². The van der Waals surface area contributed by atoms with Crippen molar-refractivity contribution in [3.63, 3.8) is 0 Å². The molecule has 0 bridgehead atoms. The first-order valence-electron chi connectivity index (χ1n) is 4.79. The van der Waals surface area contributed by atoms with Gasteiger partial charge in [0.05, 0.1) is 17.4 Å². The van der Waals surface area contributed by atoms with Crippen LogP contribution in [0.1, 0.15) is 19.3 Å². The monoisotopic (exact) mass is 265 g/mol. The number of hydrogen-bond acceptors (Lipinski definition) is 5. The highest BCUT2D eigenvalue weighted by molar-refractivity contribution is 7.93. The zero-order chi connectivity index (χ0) is 11.8. The SMILES string of the molecule is O=S1(=O)C=C(OC2CCCCS2(=O)=O)C=N1. The van der Waals surface area contributed by atoms with E-state index >= 15 is 0 Å². The minimum atomic E-state index is -3.60. The van der Waals surface area contributed by atoms with Crippen molar-refractivity contribution in [3.05, 3.63) is 11.2 Å². The second-order valence-corrected chi connectivity index (χ2v) is 7.42. The van der Waals surface area contributed by atoms with Gasteiger partial charge in [0, 0.05) is 0 Å². The van der Waals surface area contributed by atoms with E-state index in [1.54, 1.807) is 0 Å². The fraction of sp³-hybridized carbons (Fsp3) is 0.625. The van der Waals surface area contributed by atoms with Crippen LogP contribution in [0.25, 0.3) is 0 Å². The van der Waals surface area contributed by atoms with Crippen LogP contribution in [-0.4, -0.2) is 34.2 Å². The van der Waals surface area contributed by atoms with Crippen molar-refractivity contribution < 1.29 is 21.6 Å². The van der Waals surface area contributed by atoms with Gasteiger partial charge in [0.25, 0.3) is 10.0 Å². The fourth-order valence-electron chi connectivity index (χ4n) is 1.60. The molecule has 1 atom stereocenters. The van der Waals surface area contributed by atoms with Gasteiger partial charge in [0.15, 0.2) is 21.0 Å². The molecule has 90 valence electrons. The van der Waals surface area contributed by atoms with Gasteiger partial charge in [-0.15, -0.1) is 0 Å². The molecule has 1 unspecified atom stereocenters. The summed E-state index contributed by atoms with van der Waals surface area (Å²) in [5, 5.41) is 0.830. The summed E-state index contributed by atoms with van der Waals surface area (Å²) in [6.45, 7) is 0. The first kappa shape index (κ1) is 11.6. The van der Waals surface area contributed by atoms with Gasteiger partial charge >= 0.3 is 0 Å². The van der Waals surface area contributed by atoms with E-state index in [0.717, 1.165) is 18.0 Å². The number of ether oxygens (including phenoxy) is 1. The van der Waals surface area contributed by atoms with Gasteiger partial charge < -0.3 is 4.74 Å². The van der Waals surface area contributed by atoms with E-state index in [9.17, 15) is 16.8 Å². The largest absolute Gasteiger partial charge is 0.472 e. The molecule has 2 aliphatic heterocycles. The second-order valence-electron chi connectivity index (χ2n) is 3.68. The topological polar surface area (TPSA) is 89.9 Å². The van der Waals surface area contributed by atoms with Crippen LogP contribution in [0, 0.1) is 0 Å². The standard InChI is InChI=1S/C8H11NO5S2/c10-15(11)4-2-1-3-8(15)14-7-5-9-16(12,13)6-7/h5-6,8H,1-4H2. The number of nitrogens with zero attached hydrogens (tertiary/aromatic N) is 1. The highest BCUT2D eigenvalue weighted by Gasteiger charge is 2.31. The van der Waals surface area contributed by atoms with Gasteiger partial charge in [-0.1, -0.05) is 0 Å². The molecule has 1 fully saturated rings. The van der Waals surface area contributed by atoms with Crippen molar-refractivity contribution in [2.75, 3.05) is 5.75 Å². The number of sulfone groups is 1. The maximum atomic E-state index is 11.6. The molecule has 8 heteroatoms. The van der Waals surface area contributed by atoms with E-state index in [1.165, 1.54) is 0 Å². The van der Waals surface area contributed by atoms with Crippen molar-refractivity contribution in [2.24, 2.45) is 4.40 Å². The molecule has 0 N–H and O–H groups in total. The molecule has 2 rings (SSSR count). The molecule has 6 nitrogen and oxygen atoms in total. The quantitative estimate of drug-likeness (QED) is 0.710. The van der Waals surface area contributed by atoms with Gasteiger partial charge in [-0.25, -0.2) is 8.42 Å². The summed E-state index contributed by atoms with van der Waals surface area (Å²) in [5.41, 5.74) is -0.938. The van der Waals surface area contributed by atoms with Crippen LogP contribution >= 0.6 is 0 Å². The Labute approximate surface area is 94.0 Å². The molecular formula is C8H11NO5S2. The van der Waals surface area contributed by atoms with E-state index < -0.39 is 25.3 Å². The summed E-state index contributed by atoms with van der Waals surface area (Å²) in [6, 6.07) is 0. The summed E-state index contributed by atoms with van der Waals surface area (Å²) in [4.78, 5) is 0. The predicted molar refractivity (Wildman–Crippen MR) is 58.0 cm³/mol. The van der Waals surface area contributed by atoms with Crippen molar-refractivity contribution in [2.45, 2.75) is 24.7 Å². The Bertz CT molecular complexity index is 543. The minimum Gasteiger partial charge on any atom is -0.472 e. The summed E-state index contributed by atoms with van der Waals surface area (Å²) < 4.78 is 53.4. The normalized spacial score (nSPS) is 31.0. The predicted octanol–water partition coefficient (Wildman–Crippen LogP) is 0.183. The lowest BCUT2D eigenvalue weighted by atomic mass is 10.2. The molecule has 0 amide bonds. The zero-order valence-electron chi connectivity index (χ0n) is 8.37. The summed E-state index contributed by atoms with van der Waals surface area (Å²) >= 11 is 0. The van der Waals surface area contributed by atoms with E-state index in [2.05, 4.69) is 4.40 Å². The van der Waals surface area contributed by atoms with Crippen LogP contribution in [0.3, 0.4) is 0 Å². The van der Waals surface area contributed by atoms with E-state index in [0.29, 0.717) is 12.8 Å². The van der Waals surface area contributed by atoms with Gasteiger partial charge in [0.1, 0.15) is 0 Å². The van der Waals surface area contributed by atoms with Crippen LogP contribution < -0.4 is 0 Å². The third-order valence-electron chi connectivity index (χ3n) is 2.38. The Morgan fingerprint density at radius 3 is 2.56 bits per heavy atom. The lowest BCUT2D eigenvalue weighted by Gasteiger charge is -2.22. The van der Waals surface area contributed by atoms with E-state index in [4.69, 9.17) is 4.74 Å². The van der Waals surface area contributed by atoms with Gasteiger partial charge in [-0.3, -0.25) is 0 Å². The van der Waals surface area contributed by atoms with Gasteiger partial charge in [-0.05, 0) is 19.3 Å². The second kappa shape index (κ2) is 3.85. The van der Waals surface area contributed by atoms with E-state index in [-0.39, 0.29) is 11.5 Å². The van der Waals surface area contributed by atoms with Crippen LogP contribution in [0.4, 0.5) is 0 Å². The molecule has 1 saturated heterocycles. The Kier molecular flexibility index (Phi) is 2.79. The number of allylic oxidation sites excluding steroid dienone is 1. The lowest BCUT2D eigenvalue weighted by molar-refractivity contribution is 0.180. The molecule has 2 aliphatic rings. The first-order chi connectivity index (χ1) is 7.39. The highest BCUT2D eigenvalue weighted by atomic mass is 32.2. The smallest absolute Gasteiger partial charge is 0.279 e. The molecule has 0 aromatic rings. The van der Waals surface area contributed by atoms with E-state index in [1.807, 2.05) is 0 Å². The number of hydrogen-bond donors (Lipinski definition) is 0. The molecule has 0 aromatic carbocycles. The van der Waals surface area contributed by atoms with Crippen molar-refractivity contribution in [1.82, 2.24) is 0 Å². The average Bonchev–Trinajstić information content (AvgIpc) is 2.49. The Hall–Kier alpha value is -0.890. The minimum absolute atomic E-state index is 0.00419. The van der Waals surface area contributed by atoms with Crippen LogP contribution in [0.5, 0.6) is 0 Å². The maximum absolute atomic E-state index is 11.6. The molecule has 0 aromatic heterocycles. The van der Waals surface area contributed by atoms with Crippen molar-refractivity contribution >= 4 is 26.1 Å². The zero-order valence-corrected chi connectivity index (χ0v) is 10.00. The molecule has 16 heavy (non-hydrogen) atoms. The fourth-order valence-corrected chi connectivity index (χ4v) is 3.98. The Balaban J connectivity index is 2.14. The third-order valence-corrected chi connectivity index (χ3v) is 5.30. The average molecular weight is 265 g/mol. The number of rotatable bonds is 2. The molecule has 0 saturated carbocycles. The third kappa shape index (κ3) is 2.43. The molecule has 0 aliphatic carbocycles. The Morgan fingerprint density at radius 2 is 2.00 bits per heavy atom. The lowest BCUT2D eigenvalue weighted by Crippen LogP contribution is -2.30. The summed E-state index contributed by atoms with van der Waals surface area (Å²) in [6.07, 6.45) is 2.82. The number of sulfonamides is 1.